The predicted molar refractivity (Wildman–Crippen MR) is 67.5 cm³/mol. The van der Waals surface area contributed by atoms with E-state index in [2.05, 4.69) is 22.0 Å². The fourth-order valence-corrected chi connectivity index (χ4v) is 2.15. The van der Waals surface area contributed by atoms with Gasteiger partial charge in [0.2, 0.25) is 0 Å². The number of hydrogen-bond acceptors (Lipinski definition) is 3. The summed E-state index contributed by atoms with van der Waals surface area (Å²) in [7, 11) is 0. The second-order valence-electron chi connectivity index (χ2n) is 4.64. The molecule has 1 fully saturated rings. The van der Waals surface area contributed by atoms with Crippen LogP contribution in [0.3, 0.4) is 0 Å². The number of nitrogens with two attached hydrogens (primary N) is 1. The molecule has 2 rings (SSSR count). The summed E-state index contributed by atoms with van der Waals surface area (Å²) in [4.78, 5) is 6.90. The van der Waals surface area contributed by atoms with Crippen molar-refractivity contribution in [2.75, 3.05) is 18.0 Å². The van der Waals surface area contributed by atoms with E-state index in [0.717, 1.165) is 24.5 Å². The molecule has 0 aliphatic carbocycles. The maximum atomic E-state index is 5.81. The number of pyridine rings is 1. The standard InChI is InChI=1S/C13H21N3/c1-11(14)12-6-7-13(15-10-12)16-8-4-2-3-5-9-16/h6-7,10-11H,2-5,8-9,14H2,1H3. The molecule has 1 unspecified atom stereocenters. The number of hydrogen-bond donors (Lipinski definition) is 1. The van der Waals surface area contributed by atoms with Gasteiger partial charge in [-0.15, -0.1) is 0 Å². The van der Waals surface area contributed by atoms with Crippen molar-refractivity contribution in [2.45, 2.75) is 38.6 Å². The van der Waals surface area contributed by atoms with E-state index < -0.39 is 0 Å². The minimum absolute atomic E-state index is 0.0747. The van der Waals surface area contributed by atoms with Crippen LogP contribution in [-0.2, 0) is 0 Å². The summed E-state index contributed by atoms with van der Waals surface area (Å²) in [6, 6.07) is 4.27. The Bertz CT molecular complexity index is 310. The van der Waals surface area contributed by atoms with E-state index in [1.165, 1.54) is 25.7 Å². The van der Waals surface area contributed by atoms with Gasteiger partial charge in [0.15, 0.2) is 0 Å². The molecular formula is C13H21N3. The largest absolute Gasteiger partial charge is 0.357 e. The van der Waals surface area contributed by atoms with Crippen LogP contribution in [0.25, 0.3) is 0 Å². The maximum Gasteiger partial charge on any atom is 0.128 e. The second-order valence-corrected chi connectivity index (χ2v) is 4.64. The van der Waals surface area contributed by atoms with E-state index in [0.29, 0.717) is 0 Å². The topological polar surface area (TPSA) is 42.1 Å². The van der Waals surface area contributed by atoms with Crippen LogP contribution >= 0.6 is 0 Å². The Balaban J connectivity index is 2.07. The summed E-state index contributed by atoms with van der Waals surface area (Å²) < 4.78 is 0. The van der Waals surface area contributed by atoms with Gasteiger partial charge in [-0.1, -0.05) is 18.9 Å². The van der Waals surface area contributed by atoms with Gasteiger partial charge in [-0.25, -0.2) is 4.98 Å². The van der Waals surface area contributed by atoms with Gasteiger partial charge in [-0.2, -0.15) is 0 Å². The Morgan fingerprint density at radius 2 is 1.88 bits per heavy atom. The van der Waals surface area contributed by atoms with Crippen LogP contribution in [0.2, 0.25) is 0 Å². The van der Waals surface area contributed by atoms with Crippen molar-refractivity contribution >= 4 is 5.82 Å². The lowest BCUT2D eigenvalue weighted by atomic mass is 10.1. The normalized spacial score (nSPS) is 19.2. The Morgan fingerprint density at radius 1 is 1.19 bits per heavy atom. The highest BCUT2D eigenvalue weighted by Gasteiger charge is 2.11. The molecule has 0 spiro atoms. The van der Waals surface area contributed by atoms with Crippen molar-refractivity contribution in [3.63, 3.8) is 0 Å². The first-order valence-electron chi connectivity index (χ1n) is 6.24. The Labute approximate surface area is 97.7 Å². The van der Waals surface area contributed by atoms with Crippen LogP contribution < -0.4 is 10.6 Å². The number of nitrogens with zero attached hydrogens (tertiary/aromatic N) is 2. The van der Waals surface area contributed by atoms with Crippen LogP contribution in [0.15, 0.2) is 18.3 Å². The molecule has 16 heavy (non-hydrogen) atoms. The van der Waals surface area contributed by atoms with Crippen molar-refractivity contribution in [1.29, 1.82) is 0 Å². The van der Waals surface area contributed by atoms with Gasteiger partial charge in [-0.3, -0.25) is 0 Å². The zero-order valence-corrected chi connectivity index (χ0v) is 10.0. The average Bonchev–Trinajstić information content (AvgIpc) is 2.57. The van der Waals surface area contributed by atoms with E-state index in [-0.39, 0.29) is 6.04 Å². The first kappa shape index (κ1) is 11.4. The number of rotatable bonds is 2. The molecule has 1 atom stereocenters. The summed E-state index contributed by atoms with van der Waals surface area (Å²) >= 11 is 0. The lowest BCUT2D eigenvalue weighted by Crippen LogP contribution is -2.24. The van der Waals surface area contributed by atoms with Crippen molar-refractivity contribution in [3.8, 4) is 0 Å². The molecular weight excluding hydrogens is 198 g/mol. The van der Waals surface area contributed by atoms with Crippen LogP contribution in [0.5, 0.6) is 0 Å². The highest BCUT2D eigenvalue weighted by atomic mass is 15.2. The minimum atomic E-state index is 0.0747. The SMILES string of the molecule is CC(N)c1ccc(N2CCCCCC2)nc1. The first-order valence-corrected chi connectivity index (χ1v) is 6.24. The summed E-state index contributed by atoms with van der Waals surface area (Å²) in [5, 5.41) is 0. The van der Waals surface area contributed by atoms with Crippen LogP contribution in [-0.4, -0.2) is 18.1 Å². The summed E-state index contributed by atoms with van der Waals surface area (Å²) in [6.07, 6.45) is 7.20. The summed E-state index contributed by atoms with van der Waals surface area (Å²) in [5.74, 6) is 1.10. The third-order valence-corrected chi connectivity index (χ3v) is 3.23. The van der Waals surface area contributed by atoms with Crippen molar-refractivity contribution in [1.82, 2.24) is 4.98 Å². The van der Waals surface area contributed by atoms with Crippen molar-refractivity contribution < 1.29 is 0 Å². The quantitative estimate of drug-likeness (QED) is 0.831. The summed E-state index contributed by atoms with van der Waals surface area (Å²) in [5.41, 5.74) is 6.92. The maximum absolute atomic E-state index is 5.81. The van der Waals surface area contributed by atoms with Crippen LogP contribution in [0.4, 0.5) is 5.82 Å². The number of anilines is 1. The Morgan fingerprint density at radius 3 is 2.38 bits per heavy atom. The van der Waals surface area contributed by atoms with Gasteiger partial charge < -0.3 is 10.6 Å². The van der Waals surface area contributed by atoms with E-state index >= 15 is 0 Å². The Kier molecular flexibility index (Phi) is 3.78. The molecule has 0 radical (unpaired) electrons. The van der Waals surface area contributed by atoms with Gasteiger partial charge in [0.25, 0.3) is 0 Å². The fraction of sp³-hybridized carbons (Fsp3) is 0.615. The molecule has 0 aromatic carbocycles. The highest BCUT2D eigenvalue weighted by Crippen LogP contribution is 2.18. The fourth-order valence-electron chi connectivity index (χ4n) is 2.15. The molecule has 1 aliphatic rings. The molecule has 1 saturated heterocycles. The van der Waals surface area contributed by atoms with Crippen LogP contribution in [0, 0.1) is 0 Å². The Hall–Kier alpha value is -1.09. The monoisotopic (exact) mass is 219 g/mol. The first-order chi connectivity index (χ1) is 7.77. The second kappa shape index (κ2) is 5.30. The molecule has 0 amide bonds. The summed E-state index contributed by atoms with van der Waals surface area (Å²) in [6.45, 7) is 4.28. The predicted octanol–water partition coefficient (Wildman–Crippen LogP) is 2.48. The molecule has 88 valence electrons. The average molecular weight is 219 g/mol. The molecule has 0 saturated carbocycles. The van der Waals surface area contributed by atoms with Gasteiger partial charge in [0.1, 0.15) is 5.82 Å². The van der Waals surface area contributed by atoms with Gasteiger partial charge in [0, 0.05) is 25.3 Å². The molecule has 1 aliphatic heterocycles. The number of aromatic nitrogens is 1. The molecule has 3 heteroatoms. The third kappa shape index (κ3) is 2.73. The van der Waals surface area contributed by atoms with Crippen molar-refractivity contribution in [2.24, 2.45) is 5.73 Å². The smallest absolute Gasteiger partial charge is 0.128 e. The lowest BCUT2D eigenvalue weighted by molar-refractivity contribution is 0.726. The van der Waals surface area contributed by atoms with Gasteiger partial charge in [-0.05, 0) is 31.4 Å². The molecule has 1 aromatic heterocycles. The molecule has 3 nitrogen and oxygen atoms in total. The van der Waals surface area contributed by atoms with E-state index in [4.69, 9.17) is 5.73 Å². The van der Waals surface area contributed by atoms with E-state index in [9.17, 15) is 0 Å². The van der Waals surface area contributed by atoms with Gasteiger partial charge >= 0.3 is 0 Å². The van der Waals surface area contributed by atoms with Gasteiger partial charge in [0.05, 0.1) is 0 Å². The van der Waals surface area contributed by atoms with Crippen LogP contribution in [0.1, 0.15) is 44.2 Å². The molecule has 2 N–H and O–H groups in total. The highest BCUT2D eigenvalue weighted by molar-refractivity contribution is 5.39. The third-order valence-electron chi connectivity index (χ3n) is 3.23. The minimum Gasteiger partial charge on any atom is -0.357 e. The van der Waals surface area contributed by atoms with Crippen molar-refractivity contribution in [3.05, 3.63) is 23.9 Å². The molecule has 2 heterocycles. The zero-order chi connectivity index (χ0) is 11.4. The lowest BCUT2D eigenvalue weighted by Gasteiger charge is -2.21. The molecule has 0 bridgehead atoms. The molecule has 1 aromatic rings. The van der Waals surface area contributed by atoms with E-state index in [1.807, 2.05) is 13.1 Å². The zero-order valence-electron chi connectivity index (χ0n) is 10.0. The van der Waals surface area contributed by atoms with E-state index in [1.54, 1.807) is 0 Å².